The quantitative estimate of drug-likeness (QED) is 0.106. The van der Waals surface area contributed by atoms with Gasteiger partial charge in [0, 0.05) is 78.5 Å². The highest BCUT2D eigenvalue weighted by Gasteiger charge is 2.16. The Kier molecular flexibility index (Phi) is 29.0. The molecule has 72 heavy (non-hydrogen) atoms. The van der Waals surface area contributed by atoms with Gasteiger partial charge in [0.05, 0.1) is 0 Å². The molecule has 0 heterocycles. The normalized spacial score (nSPS) is 12.3. The highest BCUT2D eigenvalue weighted by Crippen LogP contribution is 2.26. The zero-order chi connectivity index (χ0) is 54.8. The molecular formula is C56H88N8O8. The highest BCUT2D eigenvalue weighted by atomic mass is 16.6. The van der Waals surface area contributed by atoms with Crippen LogP contribution in [-0.4, -0.2) is 174 Å². The van der Waals surface area contributed by atoms with E-state index in [9.17, 15) is 19.2 Å². The minimum Gasteiger partial charge on any atom is -0.410 e. The van der Waals surface area contributed by atoms with Gasteiger partial charge in [0.1, 0.15) is 23.0 Å². The summed E-state index contributed by atoms with van der Waals surface area (Å²) in [6.07, 6.45) is -1.31. The average molecular weight is 1000 g/mol. The number of hydrogen-bond acceptors (Lipinski definition) is 12. The van der Waals surface area contributed by atoms with Crippen LogP contribution in [0.4, 0.5) is 19.2 Å². The first-order valence-corrected chi connectivity index (χ1v) is 24.6. The van der Waals surface area contributed by atoms with E-state index in [1.807, 2.05) is 157 Å². The summed E-state index contributed by atoms with van der Waals surface area (Å²) >= 11 is 0. The molecule has 4 atom stereocenters. The lowest BCUT2D eigenvalue weighted by molar-refractivity contribution is 0.164. The Morgan fingerprint density at radius 2 is 0.500 bits per heavy atom. The standard InChI is InChI=1S/4C14H22N2O2/c4*1-6-16(5)14(17)18-13-9-7-8-12(10-13)11(2)15(3)4/h4*7-11H,6H2,1-5H3/t4*11-/m0000/s1. The summed E-state index contributed by atoms with van der Waals surface area (Å²) < 4.78 is 21.2. The summed E-state index contributed by atoms with van der Waals surface area (Å²) in [6, 6.07) is 31.7. The molecule has 4 rings (SSSR count). The minimum absolute atomic E-state index is 0.285. The van der Waals surface area contributed by atoms with Crippen LogP contribution in [0.5, 0.6) is 23.0 Å². The number of rotatable bonds is 16. The van der Waals surface area contributed by atoms with E-state index >= 15 is 0 Å². The predicted octanol–water partition coefficient (Wildman–Crippen LogP) is 11.0. The molecule has 0 unspecified atom stereocenters. The fourth-order valence-corrected chi connectivity index (χ4v) is 5.78. The maximum absolute atomic E-state index is 11.7. The molecule has 0 aromatic heterocycles. The first-order chi connectivity index (χ1) is 33.8. The monoisotopic (exact) mass is 1000 g/mol. The van der Waals surface area contributed by atoms with Gasteiger partial charge in [-0.15, -0.1) is 0 Å². The summed E-state index contributed by atoms with van der Waals surface area (Å²) in [5.74, 6) is 2.36. The van der Waals surface area contributed by atoms with E-state index in [1.54, 1.807) is 52.5 Å². The van der Waals surface area contributed by atoms with Crippen molar-refractivity contribution in [2.24, 2.45) is 0 Å². The lowest BCUT2D eigenvalue weighted by Gasteiger charge is -2.21. The van der Waals surface area contributed by atoms with Gasteiger partial charge in [-0.05, 0) is 183 Å². The summed E-state index contributed by atoms with van der Waals surface area (Å²) in [5.41, 5.74) is 4.52. The minimum atomic E-state index is -0.327. The van der Waals surface area contributed by atoms with Gasteiger partial charge in [-0.3, -0.25) is 0 Å². The molecule has 0 radical (unpaired) electrons. The number of amides is 4. The van der Waals surface area contributed by atoms with Gasteiger partial charge in [-0.1, -0.05) is 48.5 Å². The molecule has 4 amide bonds. The summed E-state index contributed by atoms with van der Waals surface area (Å²) in [4.78, 5) is 61.2. The molecule has 4 aromatic carbocycles. The van der Waals surface area contributed by atoms with E-state index in [1.165, 1.54) is 19.6 Å². The van der Waals surface area contributed by atoms with Crippen molar-refractivity contribution < 1.29 is 38.1 Å². The molecule has 0 fully saturated rings. The molecule has 0 bridgehead atoms. The maximum atomic E-state index is 11.7. The first kappa shape index (κ1) is 63.8. The molecule has 0 saturated carbocycles. The molecule has 0 aliphatic carbocycles. The van der Waals surface area contributed by atoms with E-state index in [2.05, 4.69) is 47.3 Å². The van der Waals surface area contributed by atoms with Crippen molar-refractivity contribution in [3.63, 3.8) is 0 Å². The Hall–Kier alpha value is -6.20. The van der Waals surface area contributed by atoms with E-state index in [0.717, 1.165) is 22.3 Å². The van der Waals surface area contributed by atoms with Gasteiger partial charge in [-0.25, -0.2) is 19.2 Å². The van der Waals surface area contributed by atoms with Gasteiger partial charge in [0.2, 0.25) is 0 Å². The second-order valence-corrected chi connectivity index (χ2v) is 18.4. The van der Waals surface area contributed by atoms with Crippen LogP contribution in [0, 0.1) is 0 Å². The summed E-state index contributed by atoms with van der Waals surface area (Å²) in [7, 11) is 23.0. The molecule has 0 aliphatic rings. The van der Waals surface area contributed by atoms with Crippen molar-refractivity contribution in [2.75, 3.05) is 111 Å². The van der Waals surface area contributed by atoms with Crippen molar-refractivity contribution in [1.29, 1.82) is 0 Å². The average Bonchev–Trinajstić information content (AvgIpc) is 3.37. The number of nitrogens with zero attached hydrogens (tertiary/aromatic N) is 8. The predicted molar refractivity (Wildman–Crippen MR) is 291 cm³/mol. The number of benzene rings is 4. The van der Waals surface area contributed by atoms with Crippen molar-refractivity contribution in [1.82, 2.24) is 39.2 Å². The smallest absolute Gasteiger partial charge is 0.410 e. The fourth-order valence-electron chi connectivity index (χ4n) is 5.78. The van der Waals surface area contributed by atoms with Gasteiger partial charge in [0.15, 0.2) is 0 Å². The summed E-state index contributed by atoms with van der Waals surface area (Å²) in [6.45, 7) is 18.6. The van der Waals surface area contributed by atoms with Crippen molar-refractivity contribution in [2.45, 2.75) is 79.6 Å². The molecule has 0 N–H and O–H groups in total. The van der Waals surface area contributed by atoms with Crippen LogP contribution in [0.3, 0.4) is 0 Å². The number of carbonyl (C=O) groups excluding carboxylic acids is 4. The highest BCUT2D eigenvalue weighted by molar-refractivity contribution is 5.72. The molecule has 4 aromatic rings. The van der Waals surface area contributed by atoms with Crippen LogP contribution in [0.2, 0.25) is 0 Å². The molecule has 0 aliphatic heterocycles. The molecule has 0 saturated heterocycles. The van der Waals surface area contributed by atoms with Crippen LogP contribution in [0.15, 0.2) is 97.1 Å². The number of carbonyl (C=O) groups is 4. The van der Waals surface area contributed by atoms with Gasteiger partial charge in [0.25, 0.3) is 0 Å². The summed E-state index contributed by atoms with van der Waals surface area (Å²) in [5, 5.41) is 0. The molecular weight excluding hydrogens is 913 g/mol. The van der Waals surface area contributed by atoms with Crippen LogP contribution in [0.1, 0.15) is 102 Å². The topological polar surface area (TPSA) is 131 Å². The van der Waals surface area contributed by atoms with Crippen LogP contribution >= 0.6 is 0 Å². The third-order valence-electron chi connectivity index (χ3n) is 12.4. The van der Waals surface area contributed by atoms with Crippen LogP contribution in [-0.2, 0) is 0 Å². The first-order valence-electron chi connectivity index (χ1n) is 24.6. The van der Waals surface area contributed by atoms with Crippen LogP contribution in [0.25, 0.3) is 0 Å². The second kappa shape index (κ2) is 32.7. The molecule has 16 nitrogen and oxygen atoms in total. The Balaban J connectivity index is 0.000000480. The van der Waals surface area contributed by atoms with Gasteiger partial charge in [-0.2, -0.15) is 0 Å². The Labute approximate surface area is 432 Å². The zero-order valence-corrected chi connectivity index (χ0v) is 47.2. The molecule has 0 spiro atoms. The van der Waals surface area contributed by atoms with Crippen LogP contribution < -0.4 is 18.9 Å². The lowest BCUT2D eigenvalue weighted by atomic mass is 10.1. The van der Waals surface area contributed by atoms with Crippen molar-refractivity contribution in [3.8, 4) is 23.0 Å². The lowest BCUT2D eigenvalue weighted by Crippen LogP contribution is -2.29. The zero-order valence-electron chi connectivity index (χ0n) is 47.2. The second-order valence-electron chi connectivity index (χ2n) is 18.4. The maximum Gasteiger partial charge on any atom is 0.414 e. The fraction of sp³-hybridized carbons (Fsp3) is 0.500. The molecule has 16 heteroatoms. The Morgan fingerprint density at radius 1 is 0.333 bits per heavy atom. The van der Waals surface area contributed by atoms with Crippen molar-refractivity contribution >= 4 is 24.4 Å². The van der Waals surface area contributed by atoms with E-state index in [0.29, 0.717) is 49.2 Å². The number of hydrogen-bond donors (Lipinski definition) is 0. The van der Waals surface area contributed by atoms with E-state index in [4.69, 9.17) is 18.9 Å². The third kappa shape index (κ3) is 22.5. The van der Waals surface area contributed by atoms with E-state index in [-0.39, 0.29) is 48.5 Å². The van der Waals surface area contributed by atoms with Crippen molar-refractivity contribution in [3.05, 3.63) is 119 Å². The largest absolute Gasteiger partial charge is 0.414 e. The third-order valence-corrected chi connectivity index (χ3v) is 12.4. The molecule has 400 valence electrons. The Bertz CT molecular complexity index is 1930. The van der Waals surface area contributed by atoms with Gasteiger partial charge >= 0.3 is 24.4 Å². The number of ether oxygens (including phenoxy) is 4. The SMILES string of the molecule is CCN(C)C(=O)Oc1cccc([C@H](C)N(C)C)c1.CCN(C)C(=O)Oc1cccc([C@H](C)N(C)C)c1.CCN(C)C(=O)Oc1cccc([C@H](C)N(C)C)c1.CCN(C)C(=O)Oc1cccc([C@H](C)N(C)C)c1. The van der Waals surface area contributed by atoms with E-state index < -0.39 is 0 Å². The van der Waals surface area contributed by atoms with Gasteiger partial charge < -0.3 is 58.1 Å². The Morgan fingerprint density at radius 3 is 0.639 bits per heavy atom.